The van der Waals surface area contributed by atoms with Gasteiger partial charge in [0.25, 0.3) is 0 Å². The van der Waals surface area contributed by atoms with Crippen LogP contribution in [0.25, 0.3) is 11.0 Å². The molecule has 0 bridgehead atoms. The van der Waals surface area contributed by atoms with Crippen LogP contribution in [0, 0.1) is 0 Å². The number of halogens is 3. The van der Waals surface area contributed by atoms with Gasteiger partial charge < -0.3 is 14.6 Å². The lowest BCUT2D eigenvalue weighted by molar-refractivity contribution is -0.0497. The molecule has 3 aromatic rings. The molecule has 1 aromatic heterocycles. The molecule has 0 saturated carbocycles. The Bertz CT molecular complexity index is 962. The number of nitrogens with one attached hydrogen (secondary N) is 1. The van der Waals surface area contributed by atoms with E-state index < -0.39 is 17.4 Å². The van der Waals surface area contributed by atoms with Crippen LogP contribution in [0.2, 0.25) is 5.02 Å². The van der Waals surface area contributed by atoms with Gasteiger partial charge in [0.05, 0.1) is 27.6 Å². The lowest BCUT2D eigenvalue weighted by Gasteiger charge is -2.17. The topological polar surface area (TPSA) is 58.2 Å². The Kier molecular flexibility index (Phi) is 5.43. The minimum atomic E-state index is -2.91. The van der Waals surface area contributed by atoms with Crippen molar-refractivity contribution in [3.8, 4) is 5.75 Å². The Morgan fingerprint density at radius 2 is 2.04 bits per heavy atom. The number of hydrogen-bond donors (Lipinski definition) is 1. The van der Waals surface area contributed by atoms with Gasteiger partial charge in [-0.05, 0) is 35.9 Å². The van der Waals surface area contributed by atoms with Crippen molar-refractivity contribution in [2.45, 2.75) is 17.5 Å². The highest BCUT2D eigenvalue weighted by Crippen LogP contribution is 2.26. The summed E-state index contributed by atoms with van der Waals surface area (Å²) in [5.41, 5.74) is 2.73. The van der Waals surface area contributed by atoms with E-state index in [0.717, 1.165) is 11.3 Å². The summed E-state index contributed by atoms with van der Waals surface area (Å²) in [7, 11) is 2.32. The largest absolute Gasteiger partial charge is 0.435 e. The number of nitrogens with zero attached hydrogens (tertiary/aromatic N) is 2. The first-order valence-electron chi connectivity index (χ1n) is 7.62. The number of aromatic nitrogens is 2. The van der Waals surface area contributed by atoms with E-state index in [4.69, 9.17) is 11.6 Å². The van der Waals surface area contributed by atoms with Crippen molar-refractivity contribution < 1.29 is 17.7 Å². The molecule has 1 heterocycles. The predicted octanol–water partition coefficient (Wildman–Crippen LogP) is 4.19. The van der Waals surface area contributed by atoms with E-state index in [1.54, 1.807) is 12.1 Å². The molecule has 0 aliphatic carbocycles. The number of anilines is 1. The monoisotopic (exact) mass is 399 g/mol. The van der Waals surface area contributed by atoms with Gasteiger partial charge in [-0.25, -0.2) is 4.98 Å². The number of fused-ring (bicyclic) bond motifs is 1. The van der Waals surface area contributed by atoms with Gasteiger partial charge in [0.2, 0.25) is 0 Å². The van der Waals surface area contributed by atoms with Crippen LogP contribution >= 0.6 is 11.6 Å². The van der Waals surface area contributed by atoms with Gasteiger partial charge in [0.1, 0.15) is 5.75 Å². The molecular weight excluding hydrogens is 384 g/mol. The molecule has 1 atom stereocenters. The normalized spacial score (nSPS) is 12.5. The third-order valence-electron chi connectivity index (χ3n) is 3.68. The van der Waals surface area contributed by atoms with Gasteiger partial charge in [-0.1, -0.05) is 11.6 Å². The highest BCUT2D eigenvalue weighted by atomic mass is 35.5. The van der Waals surface area contributed by atoms with Crippen molar-refractivity contribution in [1.82, 2.24) is 9.97 Å². The fourth-order valence-electron chi connectivity index (χ4n) is 2.56. The second-order valence-electron chi connectivity index (χ2n) is 5.76. The molecule has 9 heteroatoms. The van der Waals surface area contributed by atoms with Gasteiger partial charge in [0.15, 0.2) is 5.16 Å². The number of rotatable bonds is 6. The molecular formula is C17H16ClF2N3O2S. The quantitative estimate of drug-likeness (QED) is 0.675. The number of ether oxygens (including phenoxy) is 1. The fraction of sp³-hybridized carbons (Fsp3) is 0.235. The molecule has 1 unspecified atom stereocenters. The average molecular weight is 400 g/mol. The standard InChI is InChI=1S/C17H16ClF2N3O2S/c1-23(2)15-6-3-11(18)7-10(15)9-26(24)17-21-13-5-4-12(25-16(19)20)8-14(13)22-17/h3-8,16H,9H2,1-2H3,(H,21,22). The first-order valence-corrected chi connectivity index (χ1v) is 9.32. The maximum atomic E-state index is 12.7. The molecule has 0 aliphatic rings. The summed E-state index contributed by atoms with van der Waals surface area (Å²) in [5.74, 6) is 0.229. The zero-order valence-corrected chi connectivity index (χ0v) is 15.6. The lowest BCUT2D eigenvalue weighted by atomic mass is 10.2. The van der Waals surface area contributed by atoms with Crippen LogP contribution in [-0.2, 0) is 16.6 Å². The molecule has 0 saturated heterocycles. The van der Waals surface area contributed by atoms with E-state index in [1.807, 2.05) is 25.1 Å². The number of benzene rings is 2. The Morgan fingerprint density at radius 1 is 1.27 bits per heavy atom. The van der Waals surface area contributed by atoms with Gasteiger partial charge in [0, 0.05) is 30.9 Å². The molecule has 26 heavy (non-hydrogen) atoms. The van der Waals surface area contributed by atoms with Crippen molar-refractivity contribution in [2.24, 2.45) is 0 Å². The lowest BCUT2D eigenvalue weighted by Crippen LogP contribution is -2.12. The summed E-state index contributed by atoms with van der Waals surface area (Å²) in [4.78, 5) is 9.10. The zero-order valence-electron chi connectivity index (χ0n) is 14.0. The molecule has 138 valence electrons. The van der Waals surface area contributed by atoms with Crippen LogP contribution in [-0.4, -0.2) is 34.9 Å². The van der Waals surface area contributed by atoms with Crippen LogP contribution in [0.3, 0.4) is 0 Å². The number of H-pyrrole nitrogens is 1. The molecule has 0 spiro atoms. The highest BCUT2D eigenvalue weighted by Gasteiger charge is 2.15. The van der Waals surface area contributed by atoms with Crippen LogP contribution in [0.15, 0.2) is 41.6 Å². The Morgan fingerprint density at radius 3 is 2.73 bits per heavy atom. The van der Waals surface area contributed by atoms with Gasteiger partial charge in [-0.15, -0.1) is 0 Å². The average Bonchev–Trinajstić information content (AvgIpc) is 2.97. The minimum absolute atomic E-state index is 0.0122. The Hall–Kier alpha value is -2.19. The van der Waals surface area contributed by atoms with E-state index in [2.05, 4.69) is 14.7 Å². The molecule has 3 rings (SSSR count). The fourth-order valence-corrected chi connectivity index (χ4v) is 3.83. The summed E-state index contributed by atoms with van der Waals surface area (Å²) >= 11 is 6.06. The SMILES string of the molecule is CN(C)c1ccc(Cl)cc1CS(=O)c1nc2ccc(OC(F)F)cc2[nH]1. The molecule has 0 aliphatic heterocycles. The first-order chi connectivity index (χ1) is 12.3. The van der Waals surface area contributed by atoms with Gasteiger partial charge in [-0.3, -0.25) is 4.21 Å². The molecule has 1 N–H and O–H groups in total. The van der Waals surface area contributed by atoms with Gasteiger partial charge in [-0.2, -0.15) is 8.78 Å². The second kappa shape index (κ2) is 7.59. The van der Waals surface area contributed by atoms with Crippen molar-refractivity contribution >= 4 is 39.1 Å². The summed E-state index contributed by atoms with van der Waals surface area (Å²) in [5, 5.41) is 0.819. The third kappa shape index (κ3) is 4.13. The van der Waals surface area contributed by atoms with Crippen molar-refractivity contribution in [3.05, 3.63) is 47.0 Å². The summed E-state index contributed by atoms with van der Waals surface area (Å²) in [6, 6.07) is 9.74. The Balaban J connectivity index is 1.87. The number of alkyl halides is 2. The van der Waals surface area contributed by atoms with Crippen LogP contribution in [0.4, 0.5) is 14.5 Å². The third-order valence-corrected chi connectivity index (χ3v) is 5.12. The number of hydrogen-bond acceptors (Lipinski definition) is 4. The first kappa shape index (κ1) is 18.6. The number of imidazole rings is 1. The molecule has 0 radical (unpaired) electrons. The second-order valence-corrected chi connectivity index (χ2v) is 7.56. The van der Waals surface area contributed by atoms with Crippen LogP contribution < -0.4 is 9.64 Å². The molecule has 5 nitrogen and oxygen atoms in total. The Labute approximate surface area is 156 Å². The van der Waals surface area contributed by atoms with Crippen molar-refractivity contribution in [2.75, 3.05) is 19.0 Å². The van der Waals surface area contributed by atoms with Crippen LogP contribution in [0.5, 0.6) is 5.75 Å². The highest BCUT2D eigenvalue weighted by molar-refractivity contribution is 7.84. The van der Waals surface area contributed by atoms with E-state index >= 15 is 0 Å². The zero-order chi connectivity index (χ0) is 18.8. The maximum absolute atomic E-state index is 12.7. The smallest absolute Gasteiger partial charge is 0.387 e. The van der Waals surface area contributed by atoms with E-state index in [9.17, 15) is 13.0 Å². The maximum Gasteiger partial charge on any atom is 0.387 e. The summed E-state index contributed by atoms with van der Waals surface area (Å²) < 4.78 is 41.7. The molecule has 2 aromatic carbocycles. The van der Waals surface area contributed by atoms with E-state index in [-0.39, 0.29) is 16.7 Å². The predicted molar refractivity (Wildman–Crippen MR) is 98.6 cm³/mol. The van der Waals surface area contributed by atoms with E-state index in [0.29, 0.717) is 16.1 Å². The molecule has 0 amide bonds. The number of aromatic amines is 1. The molecule has 0 fully saturated rings. The van der Waals surface area contributed by atoms with Crippen LogP contribution in [0.1, 0.15) is 5.56 Å². The van der Waals surface area contributed by atoms with Crippen molar-refractivity contribution in [1.29, 1.82) is 0 Å². The summed E-state index contributed by atoms with van der Waals surface area (Å²) in [6.07, 6.45) is 0. The van der Waals surface area contributed by atoms with Gasteiger partial charge >= 0.3 is 6.61 Å². The minimum Gasteiger partial charge on any atom is -0.435 e. The van der Waals surface area contributed by atoms with Crippen molar-refractivity contribution in [3.63, 3.8) is 0 Å². The summed E-state index contributed by atoms with van der Waals surface area (Å²) in [6.45, 7) is -2.91. The van der Waals surface area contributed by atoms with E-state index in [1.165, 1.54) is 18.2 Å².